The van der Waals surface area contributed by atoms with Crippen LogP contribution in [0.1, 0.15) is 116 Å². The van der Waals surface area contributed by atoms with E-state index < -0.39 is 5.60 Å². The summed E-state index contributed by atoms with van der Waals surface area (Å²) < 4.78 is 5.51. The van der Waals surface area contributed by atoms with Crippen molar-refractivity contribution in [1.82, 2.24) is 0 Å². The highest BCUT2D eigenvalue weighted by Gasteiger charge is 2.36. The molecule has 0 spiro atoms. The molecular weight excluding hydrogens is 332 g/mol. The van der Waals surface area contributed by atoms with E-state index in [2.05, 4.69) is 53.7 Å². The van der Waals surface area contributed by atoms with Crippen LogP contribution < -0.4 is 0 Å². The lowest BCUT2D eigenvalue weighted by Gasteiger charge is -2.42. The summed E-state index contributed by atoms with van der Waals surface area (Å²) in [4.78, 5) is 12.3. The van der Waals surface area contributed by atoms with E-state index >= 15 is 0 Å². The van der Waals surface area contributed by atoms with Gasteiger partial charge in [0.05, 0.1) is 5.56 Å². The lowest BCUT2D eigenvalue weighted by molar-refractivity contribution is 0.00695. The molecule has 0 saturated heterocycles. The predicted molar refractivity (Wildman–Crippen MR) is 116 cm³/mol. The van der Waals surface area contributed by atoms with E-state index in [0.717, 1.165) is 12.8 Å². The summed E-state index contributed by atoms with van der Waals surface area (Å²) in [6, 6.07) is 8.19. The van der Waals surface area contributed by atoms with Crippen molar-refractivity contribution in [2.45, 2.75) is 106 Å². The molecule has 1 atom stereocenters. The first-order valence-corrected chi connectivity index (χ1v) is 10.8. The smallest absolute Gasteiger partial charge is 0.338 e. The average Bonchev–Trinajstić information content (AvgIpc) is 2.64. The summed E-state index contributed by atoms with van der Waals surface area (Å²) in [6.07, 6.45) is 5.89. The number of esters is 1. The van der Waals surface area contributed by atoms with E-state index in [9.17, 15) is 4.79 Å². The van der Waals surface area contributed by atoms with Crippen LogP contribution in [0.25, 0.3) is 0 Å². The van der Waals surface area contributed by atoms with Crippen molar-refractivity contribution < 1.29 is 9.53 Å². The SMILES string of the molecule is CCC(C)(CC)CC(c1ccc(C(=O)OC(C)(C)C)cc1)C(C)(CC)CC. The fourth-order valence-corrected chi connectivity index (χ4v) is 3.73. The van der Waals surface area contributed by atoms with Gasteiger partial charge in [0.25, 0.3) is 0 Å². The third kappa shape index (κ3) is 6.36. The Bertz CT molecular complexity index is 584. The van der Waals surface area contributed by atoms with Crippen LogP contribution >= 0.6 is 0 Å². The van der Waals surface area contributed by atoms with Crippen molar-refractivity contribution >= 4 is 5.97 Å². The van der Waals surface area contributed by atoms with E-state index in [1.165, 1.54) is 24.8 Å². The highest BCUT2D eigenvalue weighted by Crippen LogP contribution is 2.49. The molecule has 0 amide bonds. The summed E-state index contributed by atoms with van der Waals surface area (Å²) in [5.74, 6) is 0.247. The van der Waals surface area contributed by atoms with Crippen molar-refractivity contribution in [2.75, 3.05) is 0 Å². The first-order chi connectivity index (χ1) is 12.4. The average molecular weight is 375 g/mol. The van der Waals surface area contributed by atoms with Crippen LogP contribution in [0.15, 0.2) is 24.3 Å². The molecule has 2 heteroatoms. The predicted octanol–water partition coefficient (Wildman–Crippen LogP) is 7.77. The van der Waals surface area contributed by atoms with Crippen LogP contribution in [0.4, 0.5) is 0 Å². The van der Waals surface area contributed by atoms with Gasteiger partial charge in [-0.3, -0.25) is 0 Å². The maximum atomic E-state index is 12.3. The number of hydrogen-bond donors (Lipinski definition) is 0. The molecule has 0 aliphatic carbocycles. The van der Waals surface area contributed by atoms with Crippen LogP contribution in [0.5, 0.6) is 0 Å². The molecule has 0 aromatic heterocycles. The molecule has 0 aliphatic heterocycles. The van der Waals surface area contributed by atoms with Gasteiger partial charge in [-0.05, 0) is 61.6 Å². The van der Waals surface area contributed by atoms with Crippen LogP contribution in [-0.4, -0.2) is 11.6 Å². The second kappa shape index (κ2) is 9.26. The van der Waals surface area contributed by atoms with Crippen molar-refractivity contribution in [1.29, 1.82) is 0 Å². The molecule has 1 rings (SSSR count). The summed E-state index contributed by atoms with van der Waals surface area (Å²) in [7, 11) is 0. The zero-order valence-corrected chi connectivity index (χ0v) is 19.2. The molecule has 2 nitrogen and oxygen atoms in total. The number of carbonyl (C=O) groups excluding carboxylic acids is 1. The van der Waals surface area contributed by atoms with Crippen molar-refractivity contribution in [2.24, 2.45) is 10.8 Å². The minimum atomic E-state index is -0.467. The van der Waals surface area contributed by atoms with E-state index in [-0.39, 0.29) is 11.4 Å². The van der Waals surface area contributed by atoms with E-state index in [0.29, 0.717) is 16.9 Å². The molecule has 1 aromatic carbocycles. The maximum Gasteiger partial charge on any atom is 0.338 e. The van der Waals surface area contributed by atoms with Crippen molar-refractivity contribution in [3.63, 3.8) is 0 Å². The number of carbonyl (C=O) groups is 1. The third-order valence-corrected chi connectivity index (χ3v) is 6.81. The molecule has 0 N–H and O–H groups in total. The Morgan fingerprint density at radius 2 is 1.33 bits per heavy atom. The first kappa shape index (κ1) is 23.7. The Morgan fingerprint density at radius 3 is 1.70 bits per heavy atom. The molecule has 0 heterocycles. The van der Waals surface area contributed by atoms with Gasteiger partial charge in [0.15, 0.2) is 0 Å². The van der Waals surface area contributed by atoms with Gasteiger partial charge in [-0.25, -0.2) is 4.79 Å². The molecule has 0 radical (unpaired) electrons. The van der Waals surface area contributed by atoms with Crippen molar-refractivity contribution in [3.8, 4) is 0 Å². The van der Waals surface area contributed by atoms with Gasteiger partial charge in [-0.15, -0.1) is 0 Å². The van der Waals surface area contributed by atoms with Gasteiger partial charge >= 0.3 is 5.97 Å². The molecule has 27 heavy (non-hydrogen) atoms. The van der Waals surface area contributed by atoms with Crippen LogP contribution in [-0.2, 0) is 4.74 Å². The Kier molecular flexibility index (Phi) is 8.14. The summed E-state index contributed by atoms with van der Waals surface area (Å²) in [6.45, 7) is 19.8. The lowest BCUT2D eigenvalue weighted by atomic mass is 9.63. The van der Waals surface area contributed by atoms with Gasteiger partial charge in [-0.2, -0.15) is 0 Å². The maximum absolute atomic E-state index is 12.3. The van der Waals surface area contributed by atoms with Crippen LogP contribution in [0, 0.1) is 10.8 Å². The second-order valence-corrected chi connectivity index (χ2v) is 9.76. The minimum absolute atomic E-state index is 0.244. The van der Waals surface area contributed by atoms with Crippen LogP contribution in [0.3, 0.4) is 0 Å². The summed E-state index contributed by atoms with van der Waals surface area (Å²) >= 11 is 0. The van der Waals surface area contributed by atoms with Gasteiger partial charge < -0.3 is 4.74 Å². The molecule has 0 bridgehead atoms. The van der Waals surface area contributed by atoms with Gasteiger partial charge in [-0.1, -0.05) is 79.4 Å². The normalized spacial score (nSPS) is 14.1. The molecule has 0 fully saturated rings. The zero-order valence-electron chi connectivity index (χ0n) is 19.2. The Morgan fingerprint density at radius 1 is 0.852 bits per heavy atom. The van der Waals surface area contributed by atoms with E-state index in [1.807, 2.05) is 32.9 Å². The molecular formula is C25H42O2. The highest BCUT2D eigenvalue weighted by atomic mass is 16.6. The van der Waals surface area contributed by atoms with Gasteiger partial charge in [0, 0.05) is 0 Å². The van der Waals surface area contributed by atoms with E-state index in [1.54, 1.807) is 0 Å². The number of rotatable bonds is 9. The Labute approximate surface area is 168 Å². The third-order valence-electron chi connectivity index (χ3n) is 6.81. The summed E-state index contributed by atoms with van der Waals surface area (Å²) in [5, 5.41) is 0. The molecule has 0 saturated carbocycles. The molecule has 1 unspecified atom stereocenters. The minimum Gasteiger partial charge on any atom is -0.456 e. The monoisotopic (exact) mass is 374 g/mol. The van der Waals surface area contributed by atoms with Gasteiger partial charge in [0.1, 0.15) is 5.60 Å². The Balaban J connectivity index is 3.21. The fourth-order valence-electron chi connectivity index (χ4n) is 3.73. The quantitative estimate of drug-likeness (QED) is 0.413. The second-order valence-electron chi connectivity index (χ2n) is 9.76. The number of hydrogen-bond acceptors (Lipinski definition) is 2. The van der Waals surface area contributed by atoms with Crippen LogP contribution in [0.2, 0.25) is 0 Å². The molecule has 0 aliphatic rings. The standard InChI is InChI=1S/C25H42O2/c1-10-24(8,11-2)18-21(25(9,12-3)13-4)19-14-16-20(17-15-19)22(26)27-23(5,6)7/h14-17,21H,10-13,18H2,1-9H3. The molecule has 1 aromatic rings. The zero-order chi connectivity index (χ0) is 20.9. The molecule has 154 valence electrons. The Hall–Kier alpha value is -1.31. The highest BCUT2D eigenvalue weighted by molar-refractivity contribution is 5.89. The van der Waals surface area contributed by atoms with Crippen molar-refractivity contribution in [3.05, 3.63) is 35.4 Å². The largest absolute Gasteiger partial charge is 0.456 e. The number of ether oxygens (including phenoxy) is 1. The fraction of sp³-hybridized carbons (Fsp3) is 0.720. The topological polar surface area (TPSA) is 26.3 Å². The first-order valence-electron chi connectivity index (χ1n) is 10.8. The van der Waals surface area contributed by atoms with Gasteiger partial charge in [0.2, 0.25) is 0 Å². The summed E-state index contributed by atoms with van der Waals surface area (Å²) in [5.41, 5.74) is 2.13. The van der Waals surface area contributed by atoms with E-state index in [4.69, 9.17) is 4.74 Å². The number of benzene rings is 1. The lowest BCUT2D eigenvalue weighted by Crippen LogP contribution is -2.30.